The molecule has 0 aliphatic carbocycles. The molecular formula is C13H7Cl3FNO2. The van der Waals surface area contributed by atoms with Crippen LogP contribution in [-0.2, 0) is 11.2 Å². The number of nitrogens with zero attached hydrogens (tertiary/aromatic N) is 1. The van der Waals surface area contributed by atoms with Gasteiger partial charge in [0, 0.05) is 17.3 Å². The lowest BCUT2D eigenvalue weighted by molar-refractivity contribution is -0.136. The first-order valence-electron chi connectivity index (χ1n) is 5.40. The fourth-order valence-electron chi connectivity index (χ4n) is 1.68. The van der Waals surface area contributed by atoms with Crippen LogP contribution in [0.3, 0.4) is 0 Å². The molecule has 1 aromatic carbocycles. The van der Waals surface area contributed by atoms with Crippen molar-refractivity contribution >= 4 is 40.8 Å². The topological polar surface area (TPSA) is 50.2 Å². The maximum absolute atomic E-state index is 14.2. The molecule has 0 spiro atoms. The quantitative estimate of drug-likeness (QED) is 0.842. The minimum Gasteiger partial charge on any atom is -0.481 e. The molecule has 0 saturated heterocycles. The van der Waals surface area contributed by atoms with E-state index in [2.05, 4.69) is 4.98 Å². The average molecular weight is 335 g/mol. The van der Waals surface area contributed by atoms with Crippen molar-refractivity contribution in [3.63, 3.8) is 0 Å². The smallest absolute Gasteiger partial charge is 0.307 e. The van der Waals surface area contributed by atoms with E-state index in [9.17, 15) is 9.18 Å². The maximum Gasteiger partial charge on any atom is 0.307 e. The highest BCUT2D eigenvalue weighted by Crippen LogP contribution is 2.35. The van der Waals surface area contributed by atoms with Gasteiger partial charge in [0.25, 0.3) is 0 Å². The zero-order chi connectivity index (χ0) is 14.9. The fraction of sp³-hybridized carbons (Fsp3) is 0.0769. The van der Waals surface area contributed by atoms with E-state index >= 15 is 0 Å². The molecule has 0 atom stereocenters. The van der Waals surface area contributed by atoms with E-state index in [4.69, 9.17) is 39.9 Å². The molecule has 1 N–H and O–H groups in total. The first-order chi connectivity index (χ1) is 9.40. The number of carboxylic acid groups (broad SMARTS) is 1. The van der Waals surface area contributed by atoms with E-state index in [0.717, 1.165) is 0 Å². The Morgan fingerprint density at radius 1 is 1.25 bits per heavy atom. The molecule has 0 fully saturated rings. The van der Waals surface area contributed by atoms with E-state index in [1.54, 1.807) is 0 Å². The molecule has 0 radical (unpaired) electrons. The van der Waals surface area contributed by atoms with Gasteiger partial charge in [-0.15, -0.1) is 0 Å². The van der Waals surface area contributed by atoms with E-state index in [1.807, 2.05) is 0 Å². The molecule has 3 nitrogen and oxygen atoms in total. The van der Waals surface area contributed by atoms with E-state index in [0.29, 0.717) is 5.56 Å². The minimum atomic E-state index is -1.13. The molecule has 2 rings (SSSR count). The van der Waals surface area contributed by atoms with Gasteiger partial charge in [-0.3, -0.25) is 9.78 Å². The third-order valence-electron chi connectivity index (χ3n) is 2.57. The number of carbonyl (C=O) groups is 1. The summed E-state index contributed by atoms with van der Waals surface area (Å²) in [7, 11) is 0. The average Bonchev–Trinajstić information content (AvgIpc) is 2.37. The van der Waals surface area contributed by atoms with Crippen LogP contribution in [0.4, 0.5) is 4.39 Å². The second-order valence-corrected chi connectivity index (χ2v) is 5.15. The van der Waals surface area contributed by atoms with Crippen LogP contribution >= 0.6 is 34.8 Å². The Bertz CT molecular complexity index is 668. The summed E-state index contributed by atoms with van der Waals surface area (Å²) >= 11 is 17.6. The zero-order valence-corrected chi connectivity index (χ0v) is 12.1. The summed E-state index contributed by atoms with van der Waals surface area (Å²) in [5.41, 5.74) is 0.336. The Kier molecular flexibility index (Phi) is 4.48. The monoisotopic (exact) mass is 333 g/mol. The molecule has 1 aromatic heterocycles. The molecule has 1 heterocycles. The minimum absolute atomic E-state index is 0.0239. The third-order valence-corrected chi connectivity index (χ3v) is 3.76. The number of halogens is 4. The van der Waals surface area contributed by atoms with Crippen molar-refractivity contribution in [1.82, 2.24) is 4.98 Å². The van der Waals surface area contributed by atoms with Crippen molar-refractivity contribution in [2.75, 3.05) is 0 Å². The predicted octanol–water partition coefficient (Wildman–Crippen LogP) is 4.48. The van der Waals surface area contributed by atoms with Gasteiger partial charge in [0.15, 0.2) is 5.82 Å². The van der Waals surface area contributed by atoms with Crippen LogP contribution in [0.1, 0.15) is 5.56 Å². The molecular weight excluding hydrogens is 328 g/mol. The highest BCUT2D eigenvalue weighted by Gasteiger charge is 2.16. The first kappa shape index (κ1) is 15.0. The lowest BCUT2D eigenvalue weighted by Gasteiger charge is -2.08. The van der Waals surface area contributed by atoms with Crippen molar-refractivity contribution in [3.8, 4) is 11.3 Å². The molecule has 7 heteroatoms. The van der Waals surface area contributed by atoms with Gasteiger partial charge in [0.05, 0.1) is 21.5 Å². The van der Waals surface area contributed by atoms with Gasteiger partial charge in [0.2, 0.25) is 0 Å². The van der Waals surface area contributed by atoms with Crippen molar-refractivity contribution in [3.05, 3.63) is 50.8 Å². The molecule has 0 unspecified atom stereocenters. The lowest BCUT2D eigenvalue weighted by atomic mass is 10.1. The number of pyridine rings is 1. The Labute approximate surface area is 128 Å². The summed E-state index contributed by atoms with van der Waals surface area (Å²) in [5.74, 6) is -1.85. The molecule has 20 heavy (non-hydrogen) atoms. The van der Waals surface area contributed by atoms with Crippen molar-refractivity contribution in [1.29, 1.82) is 0 Å². The standard InChI is InChI=1S/C13H7Cl3FNO2/c14-8-3-7(4-9(15)11(8)16)13-12(17)6(1-2-18-13)5-10(19)20/h1-4H,5H2,(H,19,20). The number of aromatic nitrogens is 1. The summed E-state index contributed by atoms with van der Waals surface area (Å²) in [4.78, 5) is 14.6. The number of benzene rings is 1. The molecule has 0 aliphatic heterocycles. The Balaban J connectivity index is 2.56. The lowest BCUT2D eigenvalue weighted by Crippen LogP contribution is -2.04. The van der Waals surface area contributed by atoms with Crippen LogP contribution in [-0.4, -0.2) is 16.1 Å². The SMILES string of the molecule is O=C(O)Cc1ccnc(-c2cc(Cl)c(Cl)c(Cl)c2)c1F. The molecule has 0 amide bonds. The highest BCUT2D eigenvalue weighted by atomic mass is 35.5. The molecule has 104 valence electrons. The van der Waals surface area contributed by atoms with Crippen LogP contribution in [0.15, 0.2) is 24.4 Å². The molecule has 0 saturated carbocycles. The second-order valence-electron chi connectivity index (χ2n) is 3.96. The fourth-order valence-corrected chi connectivity index (χ4v) is 2.27. The third kappa shape index (κ3) is 3.03. The van der Waals surface area contributed by atoms with Crippen molar-refractivity contribution in [2.45, 2.75) is 6.42 Å². The van der Waals surface area contributed by atoms with Gasteiger partial charge in [-0.1, -0.05) is 34.8 Å². The van der Waals surface area contributed by atoms with Gasteiger partial charge in [0.1, 0.15) is 5.69 Å². The van der Waals surface area contributed by atoms with Crippen LogP contribution < -0.4 is 0 Å². The Morgan fingerprint density at radius 3 is 2.40 bits per heavy atom. The number of carboxylic acids is 1. The summed E-state index contributed by atoms with van der Waals surface area (Å²) < 4.78 is 14.2. The van der Waals surface area contributed by atoms with Crippen LogP contribution in [0.2, 0.25) is 15.1 Å². The number of rotatable bonds is 3. The predicted molar refractivity (Wildman–Crippen MR) is 76.0 cm³/mol. The van der Waals surface area contributed by atoms with Gasteiger partial charge >= 0.3 is 5.97 Å². The summed E-state index contributed by atoms with van der Waals surface area (Å²) in [6.07, 6.45) is 0.892. The van der Waals surface area contributed by atoms with Crippen molar-refractivity contribution < 1.29 is 14.3 Å². The van der Waals surface area contributed by atoms with Crippen molar-refractivity contribution in [2.24, 2.45) is 0 Å². The van der Waals surface area contributed by atoms with Gasteiger partial charge in [-0.2, -0.15) is 0 Å². The number of hydrogen-bond acceptors (Lipinski definition) is 2. The first-order valence-corrected chi connectivity index (χ1v) is 6.53. The van der Waals surface area contributed by atoms with E-state index < -0.39 is 18.2 Å². The molecule has 0 bridgehead atoms. The second kappa shape index (κ2) is 5.95. The number of aliphatic carboxylic acids is 1. The molecule has 0 aliphatic rings. The van der Waals surface area contributed by atoms with Gasteiger partial charge in [-0.25, -0.2) is 4.39 Å². The maximum atomic E-state index is 14.2. The van der Waals surface area contributed by atoms with Crippen LogP contribution in [0.25, 0.3) is 11.3 Å². The summed E-state index contributed by atoms with van der Waals surface area (Å²) in [6.45, 7) is 0. The van der Waals surface area contributed by atoms with Gasteiger partial charge in [-0.05, 0) is 18.2 Å². The number of hydrogen-bond donors (Lipinski definition) is 1. The van der Waals surface area contributed by atoms with Crippen LogP contribution in [0, 0.1) is 5.82 Å². The van der Waals surface area contributed by atoms with E-state index in [-0.39, 0.29) is 26.3 Å². The largest absolute Gasteiger partial charge is 0.481 e. The van der Waals surface area contributed by atoms with Crippen LogP contribution in [0.5, 0.6) is 0 Å². The molecule has 2 aromatic rings. The Hall–Kier alpha value is -1.36. The normalized spacial score (nSPS) is 10.6. The Morgan fingerprint density at radius 2 is 1.85 bits per heavy atom. The van der Waals surface area contributed by atoms with Gasteiger partial charge < -0.3 is 5.11 Å². The van der Waals surface area contributed by atoms with E-state index in [1.165, 1.54) is 24.4 Å². The highest BCUT2D eigenvalue weighted by molar-refractivity contribution is 6.48. The summed E-state index contributed by atoms with van der Waals surface area (Å²) in [6, 6.07) is 4.16. The summed E-state index contributed by atoms with van der Waals surface area (Å²) in [5, 5.41) is 9.23. The zero-order valence-electron chi connectivity index (χ0n) is 9.83.